The molecule has 7 heteroatoms. The average molecular weight is 579 g/mol. The summed E-state index contributed by atoms with van der Waals surface area (Å²) in [6.07, 6.45) is 3.21. The zero-order valence-corrected chi connectivity index (χ0v) is 24.9. The first-order valence-electron chi connectivity index (χ1n) is 14.0. The lowest BCUT2D eigenvalue weighted by atomic mass is 9.92. The summed E-state index contributed by atoms with van der Waals surface area (Å²) in [5, 5.41) is 2.69. The molecule has 0 saturated carbocycles. The summed E-state index contributed by atoms with van der Waals surface area (Å²) in [6, 6.07) is 21.8. The molecule has 2 aliphatic rings. The molecule has 5 nitrogen and oxygen atoms in total. The fourth-order valence-electron chi connectivity index (χ4n) is 5.67. The van der Waals surface area contributed by atoms with Crippen molar-refractivity contribution in [1.82, 2.24) is 14.8 Å². The predicted molar refractivity (Wildman–Crippen MR) is 165 cm³/mol. The molecule has 1 atom stereocenters. The van der Waals surface area contributed by atoms with E-state index in [0.717, 1.165) is 64.1 Å². The van der Waals surface area contributed by atoms with Gasteiger partial charge in [0.25, 0.3) is 0 Å². The number of nitrogens with zero attached hydrogens (tertiary/aromatic N) is 2. The number of nitrogens with one attached hydrogen (secondary N) is 1. The number of ether oxygens (including phenoxy) is 1. The van der Waals surface area contributed by atoms with Crippen LogP contribution in [0.3, 0.4) is 0 Å². The van der Waals surface area contributed by atoms with Gasteiger partial charge in [0.2, 0.25) is 5.91 Å². The summed E-state index contributed by atoms with van der Waals surface area (Å²) in [5.41, 5.74) is 5.74. The van der Waals surface area contributed by atoms with Gasteiger partial charge in [0.1, 0.15) is 5.75 Å². The molecular weight excluding hydrogens is 541 g/mol. The van der Waals surface area contributed by atoms with Crippen LogP contribution in [-0.2, 0) is 11.2 Å². The second-order valence-corrected chi connectivity index (χ2v) is 11.9. The van der Waals surface area contributed by atoms with E-state index in [1.54, 1.807) is 6.92 Å². The van der Waals surface area contributed by atoms with E-state index in [-0.39, 0.29) is 11.9 Å². The second kappa shape index (κ2) is 12.7. The lowest BCUT2D eigenvalue weighted by molar-refractivity contribution is -0.130. The molecule has 210 valence electrons. The van der Waals surface area contributed by atoms with E-state index in [2.05, 4.69) is 29.1 Å². The first-order chi connectivity index (χ1) is 19.3. The minimum absolute atomic E-state index is 0.0833. The van der Waals surface area contributed by atoms with Gasteiger partial charge < -0.3 is 19.5 Å². The summed E-state index contributed by atoms with van der Waals surface area (Å²) >= 11 is 11.9. The maximum Gasteiger partial charge on any atom is 0.220 e. The highest BCUT2D eigenvalue weighted by molar-refractivity contribution is 6.31. The Labute approximate surface area is 247 Å². The van der Waals surface area contributed by atoms with Crippen LogP contribution in [0.25, 0.3) is 10.9 Å². The summed E-state index contributed by atoms with van der Waals surface area (Å²) in [6.45, 7) is 7.44. The van der Waals surface area contributed by atoms with Crippen molar-refractivity contribution in [3.8, 4) is 5.75 Å². The Morgan fingerprint density at radius 3 is 2.27 bits per heavy atom. The Bertz CT molecular complexity index is 1420. The Balaban J connectivity index is 0.000000348. The number of piperidine rings is 1. The highest BCUT2D eigenvalue weighted by Gasteiger charge is 2.33. The Morgan fingerprint density at radius 2 is 1.62 bits per heavy atom. The Kier molecular flexibility index (Phi) is 9.04. The molecule has 1 aromatic heterocycles. The molecule has 0 bridgehead atoms. The zero-order valence-electron chi connectivity index (χ0n) is 23.4. The van der Waals surface area contributed by atoms with Crippen molar-refractivity contribution in [3.63, 3.8) is 0 Å². The number of rotatable bonds is 4. The molecule has 3 heterocycles. The smallest absolute Gasteiger partial charge is 0.220 e. The lowest BCUT2D eigenvalue weighted by Gasteiger charge is -2.35. The van der Waals surface area contributed by atoms with E-state index in [0.29, 0.717) is 12.5 Å². The van der Waals surface area contributed by atoms with Gasteiger partial charge in [-0.1, -0.05) is 53.0 Å². The summed E-state index contributed by atoms with van der Waals surface area (Å²) in [4.78, 5) is 20.4. The van der Waals surface area contributed by atoms with E-state index in [1.807, 2.05) is 66.4 Å². The number of aryl methyl sites for hydroxylation is 1. The number of likely N-dealkylation sites (tertiary alicyclic amines) is 1. The van der Waals surface area contributed by atoms with E-state index in [4.69, 9.17) is 27.9 Å². The number of halogens is 2. The molecule has 0 radical (unpaired) electrons. The molecule has 6 rings (SSSR count). The standard InChI is InChI=1S/C26H30ClN3O2.C7H7Cl/c1-17(31)30-14-11-22-23-15-20(27)5-8-24(23)28-25(22)26(30)19-3-6-21(7-4-19)32-16-18-9-12-29(2)13-10-18;1-6-2-4-7(8)5-3-6/h3-8,15,18,26,28H,9-14,16H2,1-2H3;2-5H,1H3. The number of aromatic nitrogens is 1. The first-order valence-corrected chi connectivity index (χ1v) is 14.7. The number of carbonyl (C=O) groups is 1. The molecule has 1 fully saturated rings. The van der Waals surface area contributed by atoms with Gasteiger partial charge in [0.15, 0.2) is 0 Å². The maximum atomic E-state index is 12.5. The number of aromatic amines is 1. The van der Waals surface area contributed by atoms with Crippen LogP contribution in [0.4, 0.5) is 0 Å². The van der Waals surface area contributed by atoms with Crippen molar-refractivity contribution in [2.75, 3.05) is 33.3 Å². The molecule has 1 unspecified atom stereocenters. The van der Waals surface area contributed by atoms with Crippen LogP contribution in [0.5, 0.6) is 5.75 Å². The molecule has 2 aliphatic heterocycles. The van der Waals surface area contributed by atoms with Crippen LogP contribution in [-0.4, -0.2) is 54.0 Å². The van der Waals surface area contributed by atoms with Crippen molar-refractivity contribution in [1.29, 1.82) is 0 Å². The van der Waals surface area contributed by atoms with Gasteiger partial charge in [-0.3, -0.25) is 4.79 Å². The van der Waals surface area contributed by atoms with Crippen LogP contribution in [0, 0.1) is 12.8 Å². The molecule has 1 saturated heterocycles. The normalized spacial score (nSPS) is 17.7. The molecule has 3 aromatic carbocycles. The molecular formula is C33H37Cl2N3O2. The van der Waals surface area contributed by atoms with Crippen molar-refractivity contribution in [2.45, 2.75) is 39.2 Å². The van der Waals surface area contributed by atoms with E-state index < -0.39 is 0 Å². The van der Waals surface area contributed by atoms with Crippen molar-refractivity contribution >= 4 is 40.0 Å². The first kappa shape index (κ1) is 28.5. The van der Waals surface area contributed by atoms with Crippen LogP contribution in [0.2, 0.25) is 10.0 Å². The third-order valence-electron chi connectivity index (χ3n) is 8.02. The summed E-state index contributed by atoms with van der Waals surface area (Å²) < 4.78 is 6.11. The number of amides is 1. The highest BCUT2D eigenvalue weighted by atomic mass is 35.5. The highest BCUT2D eigenvalue weighted by Crippen LogP contribution is 2.39. The SMILES string of the molecule is CC(=O)N1CCc2c([nH]c3ccc(Cl)cc23)C1c1ccc(OCC2CCN(C)CC2)cc1.Cc1ccc(Cl)cc1. The number of hydrogen-bond acceptors (Lipinski definition) is 3. The topological polar surface area (TPSA) is 48.6 Å². The Morgan fingerprint density at radius 1 is 0.950 bits per heavy atom. The lowest BCUT2D eigenvalue weighted by Crippen LogP contribution is -2.39. The van der Waals surface area contributed by atoms with Gasteiger partial charge >= 0.3 is 0 Å². The second-order valence-electron chi connectivity index (χ2n) is 11.0. The number of carbonyl (C=O) groups excluding carboxylic acids is 1. The fourth-order valence-corrected chi connectivity index (χ4v) is 5.97. The van der Waals surface area contributed by atoms with Gasteiger partial charge in [0, 0.05) is 40.1 Å². The molecule has 1 amide bonds. The third kappa shape index (κ3) is 6.65. The quantitative estimate of drug-likeness (QED) is 0.270. The Hall–Kier alpha value is -2.99. The van der Waals surface area contributed by atoms with Gasteiger partial charge in [0.05, 0.1) is 12.6 Å². The summed E-state index contributed by atoms with van der Waals surface area (Å²) in [7, 11) is 2.18. The monoisotopic (exact) mass is 577 g/mol. The van der Waals surface area contributed by atoms with Crippen LogP contribution >= 0.6 is 23.2 Å². The number of hydrogen-bond donors (Lipinski definition) is 1. The van der Waals surface area contributed by atoms with Crippen molar-refractivity contribution < 1.29 is 9.53 Å². The molecule has 0 aliphatic carbocycles. The maximum absolute atomic E-state index is 12.5. The number of H-pyrrole nitrogens is 1. The van der Waals surface area contributed by atoms with Crippen molar-refractivity contribution in [2.24, 2.45) is 5.92 Å². The predicted octanol–water partition coefficient (Wildman–Crippen LogP) is 7.68. The molecule has 40 heavy (non-hydrogen) atoms. The van der Waals surface area contributed by atoms with Gasteiger partial charge in [-0.2, -0.15) is 0 Å². The number of fused-ring (bicyclic) bond motifs is 3. The van der Waals surface area contributed by atoms with E-state index in [9.17, 15) is 4.79 Å². The van der Waals surface area contributed by atoms with Gasteiger partial charge in [-0.25, -0.2) is 0 Å². The van der Waals surface area contributed by atoms with Crippen molar-refractivity contribution in [3.05, 3.63) is 99.2 Å². The van der Waals surface area contributed by atoms with Crippen LogP contribution < -0.4 is 4.74 Å². The minimum atomic E-state index is -0.134. The van der Waals surface area contributed by atoms with E-state index in [1.165, 1.54) is 24.0 Å². The number of benzene rings is 3. The minimum Gasteiger partial charge on any atom is -0.493 e. The molecule has 1 N–H and O–H groups in total. The molecule has 4 aromatic rings. The van der Waals surface area contributed by atoms with E-state index >= 15 is 0 Å². The zero-order chi connectivity index (χ0) is 28.2. The van der Waals surface area contributed by atoms with Gasteiger partial charge in [-0.05, 0) is 106 Å². The third-order valence-corrected chi connectivity index (χ3v) is 8.51. The molecule has 0 spiro atoms. The fraction of sp³-hybridized carbons (Fsp3) is 0.364. The van der Waals surface area contributed by atoms with Crippen LogP contribution in [0.15, 0.2) is 66.7 Å². The largest absolute Gasteiger partial charge is 0.493 e. The van der Waals surface area contributed by atoms with Gasteiger partial charge in [-0.15, -0.1) is 0 Å². The van der Waals surface area contributed by atoms with Crippen LogP contribution in [0.1, 0.15) is 48.2 Å². The summed E-state index contributed by atoms with van der Waals surface area (Å²) in [5.74, 6) is 1.60. The average Bonchev–Trinajstić information content (AvgIpc) is 3.32.